The van der Waals surface area contributed by atoms with E-state index in [4.69, 9.17) is 0 Å². The van der Waals surface area contributed by atoms with Crippen LogP contribution in [0.2, 0.25) is 0 Å². The first-order valence-corrected chi connectivity index (χ1v) is 8.05. The van der Waals surface area contributed by atoms with Crippen molar-refractivity contribution in [1.82, 2.24) is 20.2 Å². The predicted molar refractivity (Wildman–Crippen MR) is 89.6 cm³/mol. The van der Waals surface area contributed by atoms with Crippen LogP contribution in [-0.2, 0) is 6.42 Å². The van der Waals surface area contributed by atoms with Gasteiger partial charge in [-0.05, 0) is 49.1 Å². The Kier molecular flexibility index (Phi) is 4.84. The van der Waals surface area contributed by atoms with Crippen LogP contribution in [0.15, 0.2) is 42.9 Å². The fraction of sp³-hybridized carbons (Fsp3) is 0.333. The van der Waals surface area contributed by atoms with Crippen molar-refractivity contribution >= 4 is 11.8 Å². The van der Waals surface area contributed by atoms with Gasteiger partial charge < -0.3 is 10.2 Å². The molecule has 3 rings (SSSR count). The molecule has 2 aromatic heterocycles. The van der Waals surface area contributed by atoms with Crippen LogP contribution in [-0.4, -0.2) is 46.3 Å². The van der Waals surface area contributed by atoms with Crippen LogP contribution in [0.3, 0.4) is 0 Å². The maximum Gasteiger partial charge on any atom is 0.270 e. The minimum Gasteiger partial charge on any atom is -0.348 e. The van der Waals surface area contributed by atoms with E-state index < -0.39 is 0 Å². The minimum atomic E-state index is -0.216. The predicted octanol–water partition coefficient (Wildman–Crippen LogP) is 1.68. The van der Waals surface area contributed by atoms with Crippen molar-refractivity contribution in [3.8, 4) is 0 Å². The average Bonchev–Trinajstić information content (AvgIpc) is 3.44. The van der Waals surface area contributed by atoms with Crippen molar-refractivity contribution in [2.75, 3.05) is 13.6 Å². The highest BCUT2D eigenvalue weighted by atomic mass is 16.2. The molecule has 0 aromatic carbocycles. The van der Waals surface area contributed by atoms with Crippen LogP contribution in [0.1, 0.15) is 39.3 Å². The monoisotopic (exact) mass is 324 g/mol. The first-order chi connectivity index (χ1) is 11.6. The Hall–Kier alpha value is -2.76. The van der Waals surface area contributed by atoms with Gasteiger partial charge in [-0.3, -0.25) is 19.6 Å². The van der Waals surface area contributed by atoms with Gasteiger partial charge in [0.2, 0.25) is 0 Å². The topological polar surface area (TPSA) is 75.2 Å². The molecule has 2 aromatic rings. The van der Waals surface area contributed by atoms with Crippen LogP contribution in [0.5, 0.6) is 0 Å². The summed E-state index contributed by atoms with van der Waals surface area (Å²) in [6.45, 7) is 0.592. The van der Waals surface area contributed by atoms with Crippen LogP contribution in [0.4, 0.5) is 0 Å². The largest absolute Gasteiger partial charge is 0.348 e. The van der Waals surface area contributed by atoms with Crippen LogP contribution < -0.4 is 5.32 Å². The molecule has 1 saturated carbocycles. The van der Waals surface area contributed by atoms with E-state index in [1.54, 1.807) is 36.5 Å². The lowest BCUT2D eigenvalue weighted by Crippen LogP contribution is -2.30. The van der Waals surface area contributed by atoms with E-state index in [1.165, 1.54) is 6.20 Å². The quantitative estimate of drug-likeness (QED) is 0.877. The Balaban J connectivity index is 1.62. The molecular weight excluding hydrogens is 304 g/mol. The number of hydrogen-bond donors (Lipinski definition) is 1. The molecule has 0 radical (unpaired) electrons. The first kappa shape index (κ1) is 16.1. The van der Waals surface area contributed by atoms with E-state index in [0.29, 0.717) is 12.1 Å². The van der Waals surface area contributed by atoms with Crippen molar-refractivity contribution < 1.29 is 9.59 Å². The van der Waals surface area contributed by atoms with E-state index in [2.05, 4.69) is 15.3 Å². The second-order valence-electron chi connectivity index (χ2n) is 6.01. The van der Waals surface area contributed by atoms with Gasteiger partial charge in [0.05, 0.1) is 0 Å². The number of hydrogen-bond acceptors (Lipinski definition) is 4. The molecule has 1 N–H and O–H groups in total. The molecule has 0 aliphatic heterocycles. The van der Waals surface area contributed by atoms with Crippen molar-refractivity contribution in [2.45, 2.75) is 25.3 Å². The number of nitrogens with one attached hydrogen (secondary N) is 1. The SMILES string of the molecule is CN(CCc1ccncc1)C(=O)c1ccnc(C(=O)NC2CC2)c1. The van der Waals surface area contributed by atoms with Crippen molar-refractivity contribution in [1.29, 1.82) is 0 Å². The fourth-order valence-electron chi connectivity index (χ4n) is 2.34. The van der Waals surface area contributed by atoms with Gasteiger partial charge in [-0.25, -0.2) is 0 Å². The lowest BCUT2D eigenvalue weighted by Gasteiger charge is -2.17. The van der Waals surface area contributed by atoms with Gasteiger partial charge in [0, 0.05) is 43.8 Å². The normalized spacial score (nSPS) is 13.4. The van der Waals surface area contributed by atoms with Crippen LogP contribution in [0, 0.1) is 0 Å². The lowest BCUT2D eigenvalue weighted by molar-refractivity contribution is 0.0796. The van der Waals surface area contributed by atoms with Crippen molar-refractivity contribution in [3.63, 3.8) is 0 Å². The number of amides is 2. The second kappa shape index (κ2) is 7.21. The fourth-order valence-corrected chi connectivity index (χ4v) is 2.34. The van der Waals surface area contributed by atoms with E-state index >= 15 is 0 Å². The molecule has 0 spiro atoms. The summed E-state index contributed by atoms with van der Waals surface area (Å²) in [5.41, 5.74) is 1.89. The van der Waals surface area contributed by atoms with E-state index in [-0.39, 0.29) is 23.6 Å². The van der Waals surface area contributed by atoms with Crippen molar-refractivity contribution in [2.24, 2.45) is 0 Å². The molecule has 0 atom stereocenters. The molecule has 6 heteroatoms. The lowest BCUT2D eigenvalue weighted by atomic mass is 10.1. The minimum absolute atomic E-state index is 0.119. The van der Waals surface area contributed by atoms with Gasteiger partial charge in [-0.15, -0.1) is 0 Å². The van der Waals surface area contributed by atoms with Gasteiger partial charge in [0.1, 0.15) is 5.69 Å². The zero-order chi connectivity index (χ0) is 16.9. The molecule has 2 heterocycles. The molecule has 124 valence electrons. The number of pyridine rings is 2. The number of carbonyl (C=O) groups excluding carboxylic acids is 2. The number of nitrogens with zero attached hydrogens (tertiary/aromatic N) is 3. The molecule has 0 bridgehead atoms. The third kappa shape index (κ3) is 4.16. The summed E-state index contributed by atoms with van der Waals surface area (Å²) >= 11 is 0. The molecule has 6 nitrogen and oxygen atoms in total. The standard InChI is InChI=1S/C18H20N4O2/c1-22(11-7-13-4-8-19-9-5-13)18(24)14-6-10-20-16(12-14)17(23)21-15-2-3-15/h4-6,8-10,12,15H,2-3,7,11H2,1H3,(H,21,23). The Labute approximate surface area is 140 Å². The van der Waals surface area contributed by atoms with Crippen LogP contribution >= 0.6 is 0 Å². The summed E-state index contributed by atoms with van der Waals surface area (Å²) in [5.74, 6) is -0.335. The van der Waals surface area contributed by atoms with E-state index in [0.717, 1.165) is 24.8 Å². The van der Waals surface area contributed by atoms with Crippen molar-refractivity contribution in [3.05, 3.63) is 59.7 Å². The van der Waals surface area contributed by atoms with Gasteiger partial charge in [0.15, 0.2) is 0 Å². The Morgan fingerprint density at radius 2 is 1.96 bits per heavy atom. The van der Waals surface area contributed by atoms with Gasteiger partial charge in [-0.1, -0.05) is 0 Å². The highest BCUT2D eigenvalue weighted by Gasteiger charge is 2.24. The number of carbonyl (C=O) groups is 2. The Morgan fingerprint density at radius 3 is 2.67 bits per heavy atom. The average molecular weight is 324 g/mol. The Bertz CT molecular complexity index is 729. The summed E-state index contributed by atoms with van der Waals surface area (Å²) in [4.78, 5) is 34.3. The molecule has 0 saturated heterocycles. The zero-order valence-electron chi connectivity index (χ0n) is 13.6. The highest BCUT2D eigenvalue weighted by molar-refractivity contribution is 5.98. The summed E-state index contributed by atoms with van der Waals surface area (Å²) in [5, 5.41) is 2.88. The summed E-state index contributed by atoms with van der Waals surface area (Å²) in [6.07, 6.45) is 7.77. The van der Waals surface area contributed by atoms with E-state index in [9.17, 15) is 9.59 Å². The van der Waals surface area contributed by atoms with Gasteiger partial charge >= 0.3 is 0 Å². The summed E-state index contributed by atoms with van der Waals surface area (Å²) in [6, 6.07) is 7.33. The summed E-state index contributed by atoms with van der Waals surface area (Å²) in [7, 11) is 1.76. The maximum absolute atomic E-state index is 12.5. The molecule has 1 aliphatic carbocycles. The zero-order valence-corrected chi connectivity index (χ0v) is 13.6. The van der Waals surface area contributed by atoms with E-state index in [1.807, 2.05) is 12.1 Å². The molecule has 1 fully saturated rings. The maximum atomic E-state index is 12.5. The third-order valence-electron chi connectivity index (χ3n) is 3.98. The van der Waals surface area contributed by atoms with Gasteiger partial charge in [0.25, 0.3) is 11.8 Å². The third-order valence-corrected chi connectivity index (χ3v) is 3.98. The second-order valence-corrected chi connectivity index (χ2v) is 6.01. The first-order valence-electron chi connectivity index (χ1n) is 8.05. The number of aromatic nitrogens is 2. The molecule has 24 heavy (non-hydrogen) atoms. The molecule has 0 unspecified atom stereocenters. The smallest absolute Gasteiger partial charge is 0.270 e. The molecular formula is C18H20N4O2. The van der Waals surface area contributed by atoms with Gasteiger partial charge in [-0.2, -0.15) is 0 Å². The number of rotatable bonds is 6. The van der Waals surface area contributed by atoms with Crippen LogP contribution in [0.25, 0.3) is 0 Å². The molecule has 2 amide bonds. The molecule has 1 aliphatic rings. The Morgan fingerprint density at radius 1 is 1.21 bits per heavy atom. The summed E-state index contributed by atoms with van der Waals surface area (Å²) < 4.78 is 0. The highest BCUT2D eigenvalue weighted by Crippen LogP contribution is 2.19. The number of likely N-dealkylation sites (N-methyl/N-ethyl adjacent to an activating group) is 1.